The predicted molar refractivity (Wildman–Crippen MR) is 96.7 cm³/mol. The number of anilines is 2. The van der Waals surface area contributed by atoms with E-state index in [1.54, 1.807) is 30.3 Å². The molecule has 0 saturated heterocycles. The Morgan fingerprint density at radius 1 is 1.08 bits per heavy atom. The lowest BCUT2D eigenvalue weighted by atomic mass is 10.2. The molecular weight excluding hydrogens is 322 g/mol. The molecule has 0 fully saturated rings. The zero-order valence-corrected chi connectivity index (χ0v) is 14.0. The summed E-state index contributed by atoms with van der Waals surface area (Å²) in [5, 5.41) is 14.3. The summed E-state index contributed by atoms with van der Waals surface area (Å²) in [7, 11) is 0. The topological polar surface area (TPSA) is 82.0 Å². The summed E-state index contributed by atoms with van der Waals surface area (Å²) in [6, 6.07) is 16.4. The molecule has 24 heavy (non-hydrogen) atoms. The molecule has 0 spiro atoms. The Labute approximate surface area is 145 Å². The number of nitrogens with one attached hydrogen (secondary N) is 2. The Hall–Kier alpha value is -2.78. The quantitative estimate of drug-likeness (QED) is 0.845. The smallest absolute Gasteiger partial charge is 0.234 e. The number of thioether (sulfide) groups is 1. The van der Waals surface area contributed by atoms with Crippen molar-refractivity contribution >= 4 is 35.0 Å². The highest BCUT2D eigenvalue weighted by Gasteiger charge is 2.05. The van der Waals surface area contributed by atoms with Gasteiger partial charge in [0.25, 0.3) is 0 Å². The van der Waals surface area contributed by atoms with Crippen LogP contribution in [0.5, 0.6) is 0 Å². The van der Waals surface area contributed by atoms with Crippen molar-refractivity contribution in [3.8, 4) is 6.07 Å². The Morgan fingerprint density at radius 2 is 1.79 bits per heavy atom. The number of hydrogen-bond donors (Lipinski definition) is 2. The molecule has 0 aliphatic carbocycles. The van der Waals surface area contributed by atoms with Gasteiger partial charge in [-0.15, -0.1) is 11.8 Å². The fourth-order valence-corrected chi connectivity index (χ4v) is 2.84. The van der Waals surface area contributed by atoms with Crippen LogP contribution in [0.15, 0.2) is 48.5 Å². The van der Waals surface area contributed by atoms with Gasteiger partial charge in [-0.1, -0.05) is 18.2 Å². The molecule has 0 aromatic heterocycles. The van der Waals surface area contributed by atoms with Crippen LogP contribution in [0, 0.1) is 11.3 Å². The Balaban J connectivity index is 1.83. The van der Waals surface area contributed by atoms with Crippen molar-refractivity contribution in [3.63, 3.8) is 0 Å². The van der Waals surface area contributed by atoms with Crippen LogP contribution in [0.2, 0.25) is 0 Å². The van der Waals surface area contributed by atoms with E-state index in [-0.39, 0.29) is 11.8 Å². The minimum atomic E-state index is -0.159. The second-order valence-electron chi connectivity index (χ2n) is 5.12. The van der Waals surface area contributed by atoms with Gasteiger partial charge < -0.3 is 10.6 Å². The van der Waals surface area contributed by atoms with Gasteiger partial charge in [-0.3, -0.25) is 9.59 Å². The maximum Gasteiger partial charge on any atom is 0.234 e. The minimum absolute atomic E-state index is 0.114. The third-order valence-electron chi connectivity index (χ3n) is 3.02. The van der Waals surface area contributed by atoms with Crippen molar-refractivity contribution in [2.45, 2.75) is 12.7 Å². The number of nitrogens with zero attached hydrogens (tertiary/aromatic N) is 1. The van der Waals surface area contributed by atoms with E-state index < -0.39 is 0 Å². The van der Waals surface area contributed by atoms with Crippen LogP contribution < -0.4 is 10.6 Å². The van der Waals surface area contributed by atoms with Gasteiger partial charge in [0, 0.05) is 24.1 Å². The largest absolute Gasteiger partial charge is 0.326 e. The van der Waals surface area contributed by atoms with E-state index in [4.69, 9.17) is 5.26 Å². The number of carbonyl (C=O) groups is 2. The summed E-state index contributed by atoms with van der Waals surface area (Å²) in [6.07, 6.45) is 0. The summed E-state index contributed by atoms with van der Waals surface area (Å²) in [4.78, 5) is 23.0. The maximum absolute atomic E-state index is 12.0. The molecule has 5 nitrogen and oxygen atoms in total. The maximum atomic E-state index is 12.0. The second kappa shape index (κ2) is 8.75. The Kier molecular flexibility index (Phi) is 6.41. The number of hydrogen-bond acceptors (Lipinski definition) is 4. The first-order chi connectivity index (χ1) is 11.6. The van der Waals surface area contributed by atoms with Gasteiger partial charge in [-0.2, -0.15) is 5.26 Å². The molecular formula is C18H17N3O2S. The lowest BCUT2D eigenvalue weighted by molar-refractivity contribution is -0.114. The first kappa shape index (κ1) is 17.6. The van der Waals surface area contributed by atoms with E-state index in [0.717, 1.165) is 5.56 Å². The normalized spacial score (nSPS) is 9.83. The third-order valence-corrected chi connectivity index (χ3v) is 4.03. The standard InChI is InChI=1S/C18H17N3O2S/c1-13(22)20-16-6-3-7-17(9-16)21-18(23)12-24-11-15-5-2-4-14(8-15)10-19/h2-9H,11-12H2,1H3,(H,20,22)(H,21,23). The van der Waals surface area contributed by atoms with Gasteiger partial charge in [-0.25, -0.2) is 0 Å². The van der Waals surface area contributed by atoms with E-state index in [2.05, 4.69) is 16.7 Å². The van der Waals surface area contributed by atoms with Crippen LogP contribution in [-0.2, 0) is 15.3 Å². The monoisotopic (exact) mass is 339 g/mol. The summed E-state index contributed by atoms with van der Waals surface area (Å²) in [5.74, 6) is 0.695. The SMILES string of the molecule is CC(=O)Nc1cccc(NC(=O)CSCc2cccc(C#N)c2)c1. The molecule has 0 aliphatic rings. The molecule has 0 unspecified atom stereocenters. The van der Waals surface area contributed by atoms with Crippen molar-refractivity contribution in [1.82, 2.24) is 0 Å². The minimum Gasteiger partial charge on any atom is -0.326 e. The van der Waals surface area contributed by atoms with Crippen molar-refractivity contribution in [2.24, 2.45) is 0 Å². The van der Waals surface area contributed by atoms with Gasteiger partial charge in [0.05, 0.1) is 17.4 Å². The number of benzene rings is 2. The molecule has 6 heteroatoms. The molecule has 0 saturated carbocycles. The van der Waals surface area contributed by atoms with E-state index >= 15 is 0 Å². The predicted octanol–water partition coefficient (Wildman–Crippen LogP) is 3.39. The third kappa shape index (κ3) is 5.78. The van der Waals surface area contributed by atoms with E-state index in [0.29, 0.717) is 28.4 Å². The van der Waals surface area contributed by atoms with Gasteiger partial charge in [0.15, 0.2) is 0 Å². The molecule has 2 amide bonds. The van der Waals surface area contributed by atoms with E-state index in [9.17, 15) is 9.59 Å². The first-order valence-corrected chi connectivity index (χ1v) is 8.46. The van der Waals surface area contributed by atoms with E-state index in [1.165, 1.54) is 18.7 Å². The molecule has 2 aromatic carbocycles. The summed E-state index contributed by atoms with van der Waals surface area (Å²) >= 11 is 1.48. The number of nitriles is 1. The van der Waals surface area contributed by atoms with Crippen molar-refractivity contribution < 1.29 is 9.59 Å². The molecule has 0 atom stereocenters. The van der Waals surface area contributed by atoms with Crippen LogP contribution in [0.1, 0.15) is 18.1 Å². The van der Waals surface area contributed by atoms with Gasteiger partial charge in [0.2, 0.25) is 11.8 Å². The first-order valence-electron chi connectivity index (χ1n) is 7.31. The van der Waals surface area contributed by atoms with Crippen LogP contribution in [0.25, 0.3) is 0 Å². The van der Waals surface area contributed by atoms with Gasteiger partial charge in [0.1, 0.15) is 0 Å². The fraction of sp³-hybridized carbons (Fsp3) is 0.167. The fourth-order valence-electron chi connectivity index (χ4n) is 2.07. The Morgan fingerprint density at radius 3 is 2.50 bits per heavy atom. The Bertz CT molecular complexity index is 784. The van der Waals surface area contributed by atoms with Crippen molar-refractivity contribution in [3.05, 3.63) is 59.7 Å². The zero-order chi connectivity index (χ0) is 17.4. The number of rotatable bonds is 6. The molecule has 2 rings (SSSR count). The van der Waals surface area contributed by atoms with Crippen LogP contribution in [0.3, 0.4) is 0 Å². The molecule has 0 radical (unpaired) electrons. The lowest BCUT2D eigenvalue weighted by Crippen LogP contribution is -2.14. The summed E-state index contributed by atoms with van der Waals surface area (Å²) in [6.45, 7) is 1.43. The van der Waals surface area contributed by atoms with Gasteiger partial charge in [-0.05, 0) is 35.9 Å². The van der Waals surface area contributed by atoms with Crippen LogP contribution >= 0.6 is 11.8 Å². The number of amides is 2. The van der Waals surface area contributed by atoms with Crippen molar-refractivity contribution in [2.75, 3.05) is 16.4 Å². The molecule has 0 aliphatic heterocycles. The van der Waals surface area contributed by atoms with Crippen LogP contribution in [-0.4, -0.2) is 17.6 Å². The average Bonchev–Trinajstić information content (AvgIpc) is 2.54. The highest BCUT2D eigenvalue weighted by molar-refractivity contribution is 7.99. The van der Waals surface area contributed by atoms with Crippen molar-refractivity contribution in [1.29, 1.82) is 5.26 Å². The molecule has 0 heterocycles. The highest BCUT2D eigenvalue weighted by Crippen LogP contribution is 2.17. The molecule has 2 aromatic rings. The molecule has 0 bridgehead atoms. The average molecular weight is 339 g/mol. The lowest BCUT2D eigenvalue weighted by Gasteiger charge is -2.08. The molecule has 2 N–H and O–H groups in total. The zero-order valence-electron chi connectivity index (χ0n) is 13.2. The summed E-state index contributed by atoms with van der Waals surface area (Å²) in [5.41, 5.74) is 2.91. The van der Waals surface area contributed by atoms with Gasteiger partial charge >= 0.3 is 0 Å². The van der Waals surface area contributed by atoms with E-state index in [1.807, 2.05) is 18.2 Å². The highest BCUT2D eigenvalue weighted by atomic mass is 32.2. The van der Waals surface area contributed by atoms with Crippen LogP contribution in [0.4, 0.5) is 11.4 Å². The summed E-state index contributed by atoms with van der Waals surface area (Å²) < 4.78 is 0. The molecule has 122 valence electrons. The second-order valence-corrected chi connectivity index (χ2v) is 6.10. The number of carbonyl (C=O) groups excluding carboxylic acids is 2.